The van der Waals surface area contributed by atoms with E-state index in [4.69, 9.17) is 10.5 Å². The van der Waals surface area contributed by atoms with Crippen molar-refractivity contribution in [3.63, 3.8) is 0 Å². The number of nitrogens with two attached hydrogens (primary N) is 1. The molecule has 4 nitrogen and oxygen atoms in total. The Labute approximate surface area is 292 Å². The number of benzene rings is 5. The summed E-state index contributed by atoms with van der Waals surface area (Å²) in [7, 11) is 0. The van der Waals surface area contributed by atoms with Crippen molar-refractivity contribution >= 4 is 17.2 Å². The van der Waals surface area contributed by atoms with E-state index < -0.39 is 11.6 Å². The van der Waals surface area contributed by atoms with Crippen molar-refractivity contribution in [2.75, 3.05) is 4.90 Å². The van der Waals surface area contributed by atoms with E-state index in [9.17, 15) is 4.79 Å². The van der Waals surface area contributed by atoms with E-state index in [0.29, 0.717) is 12.0 Å². The van der Waals surface area contributed by atoms with Gasteiger partial charge in [0.25, 0.3) is 0 Å². The van der Waals surface area contributed by atoms with Gasteiger partial charge in [-0.05, 0) is 68.3 Å². The highest BCUT2D eigenvalue weighted by Gasteiger charge is 2.51. The van der Waals surface area contributed by atoms with Gasteiger partial charge in [0.2, 0.25) is 0 Å². The van der Waals surface area contributed by atoms with Crippen molar-refractivity contribution in [2.45, 2.75) is 77.1 Å². The Morgan fingerprint density at radius 1 is 0.694 bits per heavy atom. The molecule has 0 aliphatic carbocycles. The Balaban J connectivity index is 1.63. The third kappa shape index (κ3) is 6.97. The molecule has 0 aromatic heterocycles. The SMILES string of the molecule is CC(C)(C)c1ccc(C2CC(c3ccccc3)=C(C(=O)OCc3ccccc3)C(N)(c3ccc(C(C)(C)C)cc3)N2c2ccccc2)cc1. The molecule has 0 spiro atoms. The van der Waals surface area contributed by atoms with E-state index in [1.807, 2.05) is 66.7 Å². The van der Waals surface area contributed by atoms with Gasteiger partial charge in [-0.1, -0.05) is 169 Å². The van der Waals surface area contributed by atoms with E-state index in [1.165, 1.54) is 11.1 Å². The first-order valence-corrected chi connectivity index (χ1v) is 17.2. The van der Waals surface area contributed by atoms with Gasteiger partial charge in [-0.2, -0.15) is 0 Å². The average molecular weight is 649 g/mol. The molecule has 2 atom stereocenters. The Kier molecular flexibility index (Phi) is 9.37. The Morgan fingerprint density at radius 2 is 1.18 bits per heavy atom. The molecule has 0 bridgehead atoms. The highest BCUT2D eigenvalue weighted by atomic mass is 16.5. The maximum atomic E-state index is 14.8. The molecule has 2 N–H and O–H groups in total. The van der Waals surface area contributed by atoms with E-state index >= 15 is 0 Å². The van der Waals surface area contributed by atoms with Gasteiger partial charge >= 0.3 is 5.97 Å². The maximum Gasteiger partial charge on any atom is 0.338 e. The van der Waals surface area contributed by atoms with Crippen LogP contribution in [-0.2, 0) is 32.6 Å². The fraction of sp³-hybridized carbons (Fsp3) is 0.267. The fourth-order valence-corrected chi connectivity index (χ4v) is 6.91. The minimum atomic E-state index is -1.39. The molecule has 0 saturated carbocycles. The Hall–Kier alpha value is -4.93. The molecule has 1 aliphatic heterocycles. The molecule has 250 valence electrons. The van der Waals surface area contributed by atoms with E-state index in [-0.39, 0.29) is 23.5 Å². The summed E-state index contributed by atoms with van der Waals surface area (Å²) in [5.41, 5.74) is 15.1. The summed E-state index contributed by atoms with van der Waals surface area (Å²) < 4.78 is 6.19. The Morgan fingerprint density at radius 3 is 1.71 bits per heavy atom. The average Bonchev–Trinajstić information content (AvgIpc) is 3.10. The Bertz CT molecular complexity index is 1900. The topological polar surface area (TPSA) is 55.6 Å². The van der Waals surface area contributed by atoms with Crippen LogP contribution in [0.25, 0.3) is 5.57 Å². The summed E-state index contributed by atoms with van der Waals surface area (Å²) in [4.78, 5) is 17.0. The van der Waals surface area contributed by atoms with Gasteiger partial charge < -0.3 is 15.4 Å². The number of hydrogen-bond donors (Lipinski definition) is 1. The van der Waals surface area contributed by atoms with Crippen molar-refractivity contribution in [2.24, 2.45) is 5.73 Å². The summed E-state index contributed by atoms with van der Waals surface area (Å²) in [6.07, 6.45) is 0.558. The number of ether oxygens (including phenoxy) is 1. The third-order valence-electron chi connectivity index (χ3n) is 9.70. The van der Waals surface area contributed by atoms with Gasteiger partial charge in [0, 0.05) is 5.69 Å². The summed E-state index contributed by atoms with van der Waals surface area (Å²) in [5, 5.41) is 0. The smallest absolute Gasteiger partial charge is 0.338 e. The normalized spacial score (nSPS) is 18.3. The van der Waals surface area contributed by atoms with Crippen LogP contribution in [0.2, 0.25) is 0 Å². The van der Waals surface area contributed by atoms with Crippen LogP contribution in [0, 0.1) is 0 Å². The van der Waals surface area contributed by atoms with Crippen LogP contribution in [0.3, 0.4) is 0 Å². The van der Waals surface area contributed by atoms with Crippen molar-refractivity contribution in [1.29, 1.82) is 0 Å². The summed E-state index contributed by atoms with van der Waals surface area (Å²) in [6.45, 7) is 13.4. The minimum absolute atomic E-state index is 0.0153. The molecule has 1 aliphatic rings. The molecule has 0 saturated heterocycles. The second kappa shape index (κ2) is 13.5. The van der Waals surface area contributed by atoms with Crippen molar-refractivity contribution in [3.8, 4) is 0 Å². The zero-order valence-corrected chi connectivity index (χ0v) is 29.6. The monoisotopic (exact) mass is 648 g/mol. The lowest BCUT2D eigenvalue weighted by Gasteiger charge is -2.52. The second-order valence-electron chi connectivity index (χ2n) is 15.2. The number of hydrogen-bond acceptors (Lipinski definition) is 4. The van der Waals surface area contributed by atoms with Gasteiger partial charge in [0.05, 0.1) is 11.6 Å². The zero-order chi connectivity index (χ0) is 34.8. The molecule has 5 aromatic carbocycles. The number of nitrogens with zero attached hydrogens (tertiary/aromatic N) is 1. The lowest BCUT2D eigenvalue weighted by atomic mass is 9.75. The minimum Gasteiger partial charge on any atom is -0.457 e. The fourth-order valence-electron chi connectivity index (χ4n) is 6.91. The molecule has 5 aromatic rings. The number of anilines is 1. The standard InChI is InChI=1S/C45H48N2O2/c1-43(2,3)35-24-22-34(23-25-35)40-30-39(33-18-12-8-13-19-33)41(42(48)49-31-32-16-10-7-11-17-32)45(46,47(40)38-20-14-9-15-21-38)37-28-26-36(27-29-37)44(4,5)6/h7-29,40H,30-31,46H2,1-6H3. The van der Waals surface area contributed by atoms with Crippen LogP contribution < -0.4 is 10.6 Å². The predicted octanol–water partition coefficient (Wildman–Crippen LogP) is 10.2. The first-order valence-electron chi connectivity index (χ1n) is 17.2. The molecular formula is C45H48N2O2. The third-order valence-corrected chi connectivity index (χ3v) is 9.70. The lowest BCUT2D eigenvalue weighted by Crippen LogP contribution is -2.60. The molecule has 0 radical (unpaired) electrons. The van der Waals surface area contributed by atoms with Gasteiger partial charge in [-0.3, -0.25) is 0 Å². The van der Waals surface area contributed by atoms with Crippen LogP contribution in [0.15, 0.2) is 145 Å². The molecule has 1 heterocycles. The zero-order valence-electron chi connectivity index (χ0n) is 29.6. The van der Waals surface area contributed by atoms with Crippen LogP contribution in [0.4, 0.5) is 5.69 Å². The molecular weight excluding hydrogens is 601 g/mol. The van der Waals surface area contributed by atoms with E-state index in [1.54, 1.807) is 0 Å². The maximum absolute atomic E-state index is 14.8. The van der Waals surface area contributed by atoms with Gasteiger partial charge in [-0.25, -0.2) is 4.79 Å². The number of carbonyl (C=O) groups is 1. The predicted molar refractivity (Wildman–Crippen MR) is 202 cm³/mol. The second-order valence-corrected chi connectivity index (χ2v) is 15.2. The van der Waals surface area contributed by atoms with Gasteiger partial charge in [-0.15, -0.1) is 0 Å². The summed E-state index contributed by atoms with van der Waals surface area (Å²) >= 11 is 0. The molecule has 49 heavy (non-hydrogen) atoms. The highest BCUT2D eigenvalue weighted by molar-refractivity contribution is 6.02. The van der Waals surface area contributed by atoms with Gasteiger partial charge in [0.15, 0.2) is 0 Å². The quantitative estimate of drug-likeness (QED) is 0.179. The van der Waals surface area contributed by atoms with Gasteiger partial charge in [0.1, 0.15) is 12.3 Å². The number of rotatable bonds is 7. The van der Waals surface area contributed by atoms with Crippen molar-refractivity contribution < 1.29 is 9.53 Å². The number of para-hydroxylation sites is 1. The van der Waals surface area contributed by atoms with Crippen LogP contribution in [-0.4, -0.2) is 5.97 Å². The summed E-state index contributed by atoms with van der Waals surface area (Å²) in [6, 6.07) is 47.4. The molecule has 4 heteroatoms. The lowest BCUT2D eigenvalue weighted by molar-refractivity contribution is -0.141. The summed E-state index contributed by atoms with van der Waals surface area (Å²) in [5.74, 6) is -0.424. The van der Waals surface area contributed by atoms with E-state index in [2.05, 4.69) is 119 Å². The largest absolute Gasteiger partial charge is 0.457 e. The van der Waals surface area contributed by atoms with Crippen LogP contribution in [0.1, 0.15) is 87.4 Å². The van der Waals surface area contributed by atoms with Crippen molar-refractivity contribution in [1.82, 2.24) is 0 Å². The molecule has 0 fully saturated rings. The molecule has 2 unspecified atom stereocenters. The van der Waals surface area contributed by atoms with Crippen LogP contribution in [0.5, 0.6) is 0 Å². The van der Waals surface area contributed by atoms with E-state index in [0.717, 1.165) is 33.5 Å². The van der Waals surface area contributed by atoms with Crippen LogP contribution >= 0.6 is 0 Å². The first-order chi connectivity index (χ1) is 23.4. The number of esters is 1. The molecule has 6 rings (SSSR count). The number of carbonyl (C=O) groups excluding carboxylic acids is 1. The molecule has 0 amide bonds. The highest BCUT2D eigenvalue weighted by Crippen LogP contribution is 2.52. The first kappa shape index (κ1) is 34.0. The van der Waals surface area contributed by atoms with Crippen molar-refractivity contribution in [3.05, 3.63) is 178 Å².